The normalized spacial score (nSPS) is 7.34. The molecule has 0 fully saturated rings. The molecule has 0 atom stereocenters. The lowest BCUT2D eigenvalue weighted by Gasteiger charge is -2.09. The second-order valence-corrected chi connectivity index (χ2v) is 13.9. The number of ketones is 2. The molecule has 0 aliphatic heterocycles. The third-order valence-electron chi connectivity index (χ3n) is 5.28. The Morgan fingerprint density at radius 3 is 0.932 bits per heavy atom. The van der Waals surface area contributed by atoms with Gasteiger partial charge in [0.05, 0.1) is 34.2 Å². The van der Waals surface area contributed by atoms with Crippen LogP contribution >= 0.6 is 11.8 Å². The van der Waals surface area contributed by atoms with E-state index in [0.29, 0.717) is 26.4 Å². The summed E-state index contributed by atoms with van der Waals surface area (Å²) in [5, 5.41) is 7.92. The lowest BCUT2D eigenvalue weighted by atomic mass is 10.3. The third-order valence-corrected chi connectivity index (χ3v) is 5.86. The Morgan fingerprint density at radius 1 is 0.589 bits per heavy atom. The van der Waals surface area contributed by atoms with Gasteiger partial charge in [-0.2, -0.15) is 11.8 Å². The number of thioether (sulfide) groups is 1. The van der Waals surface area contributed by atoms with Crippen LogP contribution in [-0.2, 0) is 57.2 Å². The minimum absolute atomic E-state index is 0. The molecular weight excluding hydrogens is 961 g/mol. The van der Waals surface area contributed by atoms with Crippen LogP contribution in [0.5, 0.6) is 0 Å². The molecule has 2 amide bonds. The van der Waals surface area contributed by atoms with E-state index in [4.69, 9.17) is 9.84 Å². The Morgan fingerprint density at radius 2 is 0.904 bits per heavy atom. The summed E-state index contributed by atoms with van der Waals surface area (Å²) < 4.78 is 21.9. The van der Waals surface area contributed by atoms with Crippen LogP contribution in [0, 0.1) is 0 Å². The highest BCUT2D eigenvalue weighted by molar-refractivity contribution is 7.98. The van der Waals surface area contributed by atoms with Gasteiger partial charge >= 0.3 is 30.0 Å². The van der Waals surface area contributed by atoms with Crippen molar-refractivity contribution in [1.82, 2.24) is 19.6 Å². The summed E-state index contributed by atoms with van der Waals surface area (Å²) in [5.74, 6) is 0.0110. The summed E-state index contributed by atoms with van der Waals surface area (Å²) in [5.41, 5.74) is 0. The van der Waals surface area contributed by atoms with Crippen LogP contribution in [0.25, 0.3) is 0 Å². The van der Waals surface area contributed by atoms with Crippen LogP contribution in [0.15, 0.2) is 38.0 Å². The number of ether oxygens (including phenoxy) is 5. The third kappa shape index (κ3) is 275. The molecule has 0 saturated heterocycles. The van der Waals surface area contributed by atoms with Crippen molar-refractivity contribution in [2.75, 3.05) is 116 Å². The second kappa shape index (κ2) is 117. The molecule has 0 rings (SSSR count). The van der Waals surface area contributed by atoms with Gasteiger partial charge in [0.25, 0.3) is 0 Å². The van der Waals surface area contributed by atoms with Gasteiger partial charge in [-0.1, -0.05) is 111 Å². The topological polar surface area (TPSA) is 216 Å². The van der Waals surface area contributed by atoms with E-state index in [1.807, 2.05) is 64.5 Å². The molecule has 73 heavy (non-hydrogen) atoms. The van der Waals surface area contributed by atoms with Crippen LogP contribution in [0.2, 0.25) is 0 Å². The van der Waals surface area contributed by atoms with E-state index in [9.17, 15) is 38.4 Å². The van der Waals surface area contributed by atoms with Crippen molar-refractivity contribution in [2.45, 2.75) is 159 Å². The Hall–Kier alpha value is -4.59. The SMILES string of the molecule is C.C.C.C.C=CC(=O)OC.C=CC(=O)OCC.C=CCC.CC.CCC.CCC(C)=O.CCN(C)C.CCN(C)C(C)=O.CCOC(C)=O.CCSC.CN(C)C(=O)O.COC(=O)CC(C)=O.COCN(C)C. The largest absolute Gasteiger partial charge is 0.469 e. The van der Waals surface area contributed by atoms with Crippen LogP contribution in [0.4, 0.5) is 4.79 Å². The van der Waals surface area contributed by atoms with E-state index < -0.39 is 18.0 Å². The first kappa shape index (κ1) is 118. The molecular formula is C54H124N4O14S. The van der Waals surface area contributed by atoms with Gasteiger partial charge in [-0.05, 0) is 87.8 Å². The summed E-state index contributed by atoms with van der Waals surface area (Å²) in [6.45, 7) is 41.2. The van der Waals surface area contributed by atoms with Crippen molar-refractivity contribution in [3.63, 3.8) is 0 Å². The van der Waals surface area contributed by atoms with Crippen LogP contribution in [0.3, 0.4) is 0 Å². The highest BCUT2D eigenvalue weighted by Gasteiger charge is 2.01. The van der Waals surface area contributed by atoms with Gasteiger partial charge in [-0.3, -0.25) is 24.1 Å². The number of carbonyl (C=O) groups is 8. The summed E-state index contributed by atoms with van der Waals surface area (Å²) >= 11 is 1.86. The van der Waals surface area contributed by atoms with Crippen molar-refractivity contribution >= 4 is 59.2 Å². The van der Waals surface area contributed by atoms with E-state index in [1.54, 1.807) is 46.8 Å². The van der Waals surface area contributed by atoms with E-state index in [-0.39, 0.29) is 65.5 Å². The van der Waals surface area contributed by atoms with Crippen LogP contribution < -0.4 is 0 Å². The van der Waals surface area contributed by atoms with E-state index in [2.05, 4.69) is 98.6 Å². The summed E-state index contributed by atoms with van der Waals surface area (Å²) in [6.07, 6.45) is 8.20. The van der Waals surface area contributed by atoms with Crippen molar-refractivity contribution < 1.29 is 67.1 Å². The van der Waals surface area contributed by atoms with Gasteiger partial charge in [0.1, 0.15) is 18.0 Å². The van der Waals surface area contributed by atoms with Crippen LogP contribution in [0.1, 0.15) is 159 Å². The van der Waals surface area contributed by atoms with Gasteiger partial charge in [-0.25, -0.2) is 14.4 Å². The molecule has 450 valence electrons. The number of allylic oxidation sites excluding steroid dienone is 1. The fourth-order valence-corrected chi connectivity index (χ4v) is 1.24. The molecule has 0 bridgehead atoms. The Kier molecular flexibility index (Phi) is 188. The molecule has 0 unspecified atom stereocenters. The number of hydrogen-bond donors (Lipinski definition) is 1. The number of nitrogens with zero attached hydrogens (tertiary/aromatic N) is 4. The molecule has 0 saturated carbocycles. The summed E-state index contributed by atoms with van der Waals surface area (Å²) in [6, 6.07) is 0. The summed E-state index contributed by atoms with van der Waals surface area (Å²) in [4.78, 5) is 86.6. The fraction of sp³-hybridized carbons (Fsp3) is 0.741. The van der Waals surface area contributed by atoms with E-state index in [0.717, 1.165) is 36.6 Å². The Bertz CT molecular complexity index is 1120. The first-order chi connectivity index (χ1) is 31.9. The molecule has 0 aromatic rings. The minimum atomic E-state index is -0.907. The maximum Gasteiger partial charge on any atom is 0.406 e. The Labute approximate surface area is 457 Å². The monoisotopic (exact) mass is 1080 g/mol. The maximum absolute atomic E-state index is 10.3. The molecule has 0 spiro atoms. The number of rotatable bonds is 13. The van der Waals surface area contributed by atoms with Gasteiger partial charge in [0.15, 0.2) is 0 Å². The lowest BCUT2D eigenvalue weighted by Crippen LogP contribution is -2.22. The molecule has 0 aliphatic rings. The summed E-state index contributed by atoms with van der Waals surface area (Å²) in [7, 11) is 17.0. The molecule has 1 N–H and O–H groups in total. The van der Waals surface area contributed by atoms with Crippen molar-refractivity contribution in [3.05, 3.63) is 38.0 Å². The van der Waals surface area contributed by atoms with Gasteiger partial charge < -0.3 is 48.3 Å². The van der Waals surface area contributed by atoms with E-state index in [1.165, 1.54) is 54.3 Å². The number of carboxylic acid groups (broad SMARTS) is 1. The molecule has 0 aromatic carbocycles. The predicted octanol–water partition coefficient (Wildman–Crippen LogP) is 12.1. The standard InChI is InChI=1S/C5H11NO.C5H8O3.C5H8O2.C4H11NO.C4H11N.C4H6O2.C4H8O2.C4H8O.C4H8.C3H7NO2.C3H8S.C3H8.C2H6.4CH4/c1-4-6(3)5(2)7;1-4(6)3-5(7)8-2;1-3-5(6)7-4-2;1-5(2)4-6-3;1-4-5(2)3;1-3-4(5)6-2;1-3-6-4(2)5;1-3-4(2)5;1-3-4-2;1-4(2)3(5)6;1-3-4-2;1-3-2;1-2;;;;/h4H2,1-3H3;3H2,1-2H3;3H,1,4H2,2H3;4H2,1-3H3;4H2,1-3H3;3H,1H2,2H3;3H2,1-2H3;3H2,1-2H3;3H,1,4H2,2H3;1-2H3,(H,5,6);3H2,1-2H3;3H2,1-2H3;1-2H3;4*1H4. The second-order valence-electron chi connectivity index (χ2n) is 12.7. The zero-order valence-corrected chi connectivity index (χ0v) is 49.7. The molecule has 0 radical (unpaired) electrons. The maximum atomic E-state index is 10.3. The first-order valence-electron chi connectivity index (χ1n) is 22.6. The number of amides is 2. The van der Waals surface area contributed by atoms with Crippen molar-refractivity contribution in [3.8, 4) is 0 Å². The van der Waals surface area contributed by atoms with Gasteiger partial charge in [0, 0.05) is 67.2 Å². The molecule has 0 aromatic heterocycles. The minimum Gasteiger partial charge on any atom is -0.469 e. The average molecular weight is 1090 g/mol. The van der Waals surface area contributed by atoms with Gasteiger partial charge in [-0.15, -0.1) is 6.58 Å². The molecule has 0 aliphatic carbocycles. The average Bonchev–Trinajstić information content (AvgIpc) is 3.30. The highest BCUT2D eigenvalue weighted by Crippen LogP contribution is 1.84. The van der Waals surface area contributed by atoms with Crippen molar-refractivity contribution in [1.29, 1.82) is 0 Å². The van der Waals surface area contributed by atoms with Crippen LogP contribution in [-0.4, -0.2) is 188 Å². The predicted molar refractivity (Wildman–Crippen MR) is 319 cm³/mol. The Balaban J connectivity index is -0.0000000312. The number of Topliss-reactive ketones (excluding diaryl/α,β-unsaturated/α-hetero) is 2. The highest BCUT2D eigenvalue weighted by atomic mass is 32.2. The number of hydrogen-bond acceptors (Lipinski definition) is 16. The smallest absolute Gasteiger partial charge is 0.406 e. The molecule has 19 heteroatoms. The zero-order valence-electron chi connectivity index (χ0n) is 48.9. The number of carbonyl (C=O) groups excluding carboxylic acids is 7. The zero-order chi connectivity index (χ0) is 58.4. The fourth-order valence-electron chi connectivity index (χ4n) is 1.24. The number of esters is 4. The van der Waals surface area contributed by atoms with Gasteiger partial charge in [0.2, 0.25) is 5.91 Å². The quantitative estimate of drug-likeness (QED) is 0.0453. The van der Waals surface area contributed by atoms with E-state index >= 15 is 0 Å². The number of methoxy groups -OCH3 is 3. The lowest BCUT2D eigenvalue weighted by molar-refractivity contribution is -0.143. The van der Waals surface area contributed by atoms with Crippen molar-refractivity contribution in [2.24, 2.45) is 0 Å². The molecule has 0 heterocycles. The molecule has 18 nitrogen and oxygen atoms in total. The first-order valence-corrected chi connectivity index (χ1v) is 24.0.